The average molecular weight is 440 g/mol. The minimum absolute atomic E-state index is 0.894. The molecule has 0 spiro atoms. The molecule has 0 aliphatic carbocycles. The van der Waals surface area contributed by atoms with Crippen molar-refractivity contribution >= 4 is 42.4 Å². The molecule has 7 heteroatoms. The van der Waals surface area contributed by atoms with Crippen LogP contribution in [-0.2, 0) is 0 Å². The predicted molar refractivity (Wildman–Crippen MR) is 105 cm³/mol. The third kappa shape index (κ3) is 2.39. The molecule has 0 fully saturated rings. The molecule has 6 nitrogen and oxygen atoms in total. The van der Waals surface area contributed by atoms with Crippen molar-refractivity contribution in [3.8, 4) is 0 Å². The van der Waals surface area contributed by atoms with Crippen LogP contribution in [0.3, 0.4) is 0 Å². The molecule has 122 valence electrons. The Morgan fingerprint density at radius 2 is 1.04 bits per heavy atom. The van der Waals surface area contributed by atoms with E-state index in [-0.39, 0.29) is 0 Å². The molecule has 0 radical (unpaired) electrons. The van der Waals surface area contributed by atoms with Crippen LogP contribution in [0.25, 0.3) is 22.1 Å². The number of hydrogen-bond acceptors (Lipinski definition) is 4. The van der Waals surface area contributed by atoms with Crippen LogP contribution in [0.4, 0.5) is 0 Å². The summed E-state index contributed by atoms with van der Waals surface area (Å²) < 4.78 is 5.32. The van der Waals surface area contributed by atoms with Gasteiger partial charge in [0.05, 0.1) is 0 Å². The first-order valence-electron chi connectivity index (χ1n) is 7.79. The van der Waals surface area contributed by atoms with Crippen molar-refractivity contribution < 1.29 is 0 Å². The van der Waals surface area contributed by atoms with Crippen LogP contribution in [0.1, 0.15) is 0 Å². The Kier molecular flexibility index (Phi) is 3.44. The van der Waals surface area contributed by atoms with Crippen molar-refractivity contribution in [1.82, 2.24) is 26.4 Å². The van der Waals surface area contributed by atoms with Crippen LogP contribution < -0.4 is 0 Å². The van der Waals surface area contributed by atoms with Gasteiger partial charge < -0.3 is 0 Å². The van der Waals surface area contributed by atoms with Crippen molar-refractivity contribution in [2.45, 2.75) is 0 Å². The molecule has 5 rings (SSSR count). The number of fused-ring (bicyclic) bond motifs is 2. The van der Waals surface area contributed by atoms with E-state index in [2.05, 4.69) is 62.8 Å². The molecule has 0 aliphatic rings. The van der Waals surface area contributed by atoms with Crippen molar-refractivity contribution in [2.75, 3.05) is 0 Å². The first kappa shape index (κ1) is 14.5. The van der Waals surface area contributed by atoms with E-state index >= 15 is 0 Å². The summed E-state index contributed by atoms with van der Waals surface area (Å²) in [5.41, 5.74) is 3.84. The Morgan fingerprint density at radius 3 is 1.60 bits per heavy atom. The van der Waals surface area contributed by atoms with Crippen LogP contribution in [0.5, 0.6) is 0 Å². The molecule has 2 aromatic heterocycles. The molecular weight excluding hydrogens is 427 g/mol. The van der Waals surface area contributed by atoms with Crippen LogP contribution >= 0.6 is 20.4 Å². The van der Waals surface area contributed by atoms with Crippen molar-refractivity contribution in [3.63, 3.8) is 0 Å². The second-order valence-electron chi connectivity index (χ2n) is 5.42. The zero-order chi connectivity index (χ0) is 16.6. The average Bonchev–Trinajstić information content (AvgIpc) is 3.29. The predicted octanol–water partition coefficient (Wildman–Crippen LogP) is 3.78. The minimum atomic E-state index is -2.25. The van der Waals surface area contributed by atoms with E-state index in [4.69, 9.17) is 0 Å². The Balaban J connectivity index is 1.81. The van der Waals surface area contributed by atoms with E-state index in [1.54, 1.807) is 0 Å². The van der Waals surface area contributed by atoms with E-state index in [1.807, 2.05) is 42.5 Å². The van der Waals surface area contributed by atoms with Gasteiger partial charge in [-0.05, 0) is 0 Å². The Morgan fingerprint density at radius 1 is 0.560 bits per heavy atom. The molecule has 0 N–H and O–H groups in total. The molecule has 2 heterocycles. The van der Waals surface area contributed by atoms with Gasteiger partial charge in [0.15, 0.2) is 0 Å². The van der Waals surface area contributed by atoms with E-state index in [0.717, 1.165) is 22.1 Å². The fraction of sp³-hybridized carbons (Fsp3) is 0. The van der Waals surface area contributed by atoms with Crippen molar-refractivity contribution in [1.29, 1.82) is 0 Å². The summed E-state index contributed by atoms with van der Waals surface area (Å²) in [7, 11) is 0. The number of nitrogens with zero attached hydrogens (tertiary/aromatic N) is 6. The maximum absolute atomic E-state index is 4.48. The summed E-state index contributed by atoms with van der Waals surface area (Å²) in [6.45, 7) is 0. The van der Waals surface area contributed by atoms with Gasteiger partial charge in [0.2, 0.25) is 0 Å². The molecule has 0 amide bonds. The quantitative estimate of drug-likeness (QED) is 0.401. The van der Waals surface area contributed by atoms with Gasteiger partial charge in [-0.1, -0.05) is 0 Å². The standard InChI is InChI=1S/C18H13IN6/c1-2-8-14(9-3-1)19(24-17-12-6-4-10-15(17)20-22-24)25-18-13-7-5-11-16(18)21-23-25/h1-13H. The third-order valence-corrected chi connectivity index (χ3v) is 8.84. The Hall–Kier alpha value is -2.81. The summed E-state index contributed by atoms with van der Waals surface area (Å²) in [6, 6.07) is 26.5. The van der Waals surface area contributed by atoms with E-state index in [1.165, 1.54) is 3.57 Å². The van der Waals surface area contributed by atoms with E-state index < -0.39 is 20.4 Å². The van der Waals surface area contributed by atoms with Crippen LogP contribution in [0.2, 0.25) is 0 Å². The molecule has 3 aromatic carbocycles. The van der Waals surface area contributed by atoms with Gasteiger partial charge in [0, 0.05) is 0 Å². The summed E-state index contributed by atoms with van der Waals surface area (Å²) >= 11 is -2.25. The number of halogens is 1. The molecule has 0 atom stereocenters. The number of benzene rings is 3. The summed E-state index contributed by atoms with van der Waals surface area (Å²) in [6.07, 6.45) is 0. The number of aromatic nitrogens is 6. The molecular formula is C18H13IN6. The number of rotatable bonds is 3. The molecule has 0 saturated heterocycles. The fourth-order valence-electron chi connectivity index (χ4n) is 2.70. The van der Waals surface area contributed by atoms with Gasteiger partial charge >= 0.3 is 151 Å². The number of hydrogen-bond donors (Lipinski definition) is 0. The zero-order valence-corrected chi connectivity index (χ0v) is 15.2. The molecule has 25 heavy (non-hydrogen) atoms. The maximum atomic E-state index is 4.48. The fourth-order valence-corrected chi connectivity index (χ4v) is 7.56. The summed E-state index contributed by atoms with van der Waals surface area (Å²) in [4.78, 5) is 0. The SMILES string of the molecule is c1ccc(I(n2nnc3ccccc32)n2nnc3ccccc32)cc1. The van der Waals surface area contributed by atoms with E-state index in [0.29, 0.717) is 0 Å². The number of para-hydroxylation sites is 2. The topological polar surface area (TPSA) is 61.4 Å². The normalized spacial score (nSPS) is 11.9. The van der Waals surface area contributed by atoms with E-state index in [9.17, 15) is 0 Å². The van der Waals surface area contributed by atoms with Gasteiger partial charge in [-0.2, -0.15) is 0 Å². The van der Waals surface area contributed by atoms with Crippen LogP contribution in [0, 0.1) is 3.57 Å². The molecule has 5 aromatic rings. The monoisotopic (exact) mass is 440 g/mol. The molecule has 0 unspecified atom stereocenters. The first-order valence-corrected chi connectivity index (χ1v) is 10.8. The Bertz CT molecular complexity index is 1090. The zero-order valence-electron chi connectivity index (χ0n) is 13.1. The first-order chi connectivity index (χ1) is 12.4. The van der Waals surface area contributed by atoms with Gasteiger partial charge in [-0.15, -0.1) is 0 Å². The van der Waals surface area contributed by atoms with Crippen LogP contribution in [-0.4, -0.2) is 26.4 Å². The second kappa shape index (κ2) is 5.92. The second-order valence-corrected chi connectivity index (χ2v) is 9.89. The summed E-state index contributed by atoms with van der Waals surface area (Å²) in [5.74, 6) is 0. The summed E-state index contributed by atoms with van der Waals surface area (Å²) in [5, 5.41) is 17.7. The molecule has 0 aliphatic heterocycles. The van der Waals surface area contributed by atoms with Crippen molar-refractivity contribution in [2.24, 2.45) is 0 Å². The van der Waals surface area contributed by atoms with Gasteiger partial charge in [0.1, 0.15) is 0 Å². The van der Waals surface area contributed by atoms with Crippen LogP contribution in [0.15, 0.2) is 78.9 Å². The van der Waals surface area contributed by atoms with Gasteiger partial charge in [-0.25, -0.2) is 0 Å². The third-order valence-electron chi connectivity index (χ3n) is 3.85. The molecule has 0 bridgehead atoms. The molecule has 0 saturated carbocycles. The Labute approximate surface area is 151 Å². The van der Waals surface area contributed by atoms with Crippen molar-refractivity contribution in [3.05, 3.63) is 82.4 Å². The van der Waals surface area contributed by atoms with Gasteiger partial charge in [-0.3, -0.25) is 0 Å². The van der Waals surface area contributed by atoms with Gasteiger partial charge in [0.25, 0.3) is 0 Å².